The van der Waals surface area contributed by atoms with Crippen molar-refractivity contribution >= 4 is 39.0 Å². The van der Waals surface area contributed by atoms with E-state index >= 15 is 0 Å². The van der Waals surface area contributed by atoms with Crippen molar-refractivity contribution in [2.45, 2.75) is 13.3 Å². The third-order valence-corrected chi connectivity index (χ3v) is 4.13. The summed E-state index contributed by atoms with van der Waals surface area (Å²) < 4.78 is 6.60. The normalized spacial score (nSPS) is 11.0. The Kier molecular flexibility index (Phi) is 5.96. The van der Waals surface area contributed by atoms with E-state index in [4.69, 9.17) is 4.74 Å². The molecule has 3 aromatic rings. The summed E-state index contributed by atoms with van der Waals surface area (Å²) in [5.74, 6) is 0.356. The Morgan fingerprint density at radius 2 is 2.08 bits per heavy atom. The highest BCUT2D eigenvalue weighted by Gasteiger charge is 2.07. The molecule has 0 atom stereocenters. The fraction of sp³-hybridized carbons (Fsp3) is 0.150. The number of rotatable bonds is 6. The minimum atomic E-state index is -0.363. The van der Waals surface area contributed by atoms with Crippen LogP contribution in [0.4, 0.5) is 0 Å². The molecule has 0 saturated carbocycles. The van der Waals surface area contributed by atoms with Gasteiger partial charge in [0.1, 0.15) is 11.4 Å². The first-order chi connectivity index (χ1) is 12.7. The lowest BCUT2D eigenvalue weighted by atomic mass is 10.2. The Balaban J connectivity index is 1.73. The van der Waals surface area contributed by atoms with E-state index in [2.05, 4.69) is 31.4 Å². The molecule has 1 N–H and O–H groups in total. The van der Waals surface area contributed by atoms with E-state index in [-0.39, 0.29) is 5.91 Å². The second-order valence-corrected chi connectivity index (χ2v) is 6.53. The molecule has 0 radical (unpaired) electrons. The van der Waals surface area contributed by atoms with Crippen LogP contribution in [0.15, 0.2) is 64.2 Å². The molecular formula is C20H18BrN3O2. The molecule has 0 saturated heterocycles. The number of halogens is 1. The molecule has 0 spiro atoms. The number of pyridine rings is 1. The summed E-state index contributed by atoms with van der Waals surface area (Å²) in [5, 5.41) is 5.03. The second-order valence-electron chi connectivity index (χ2n) is 5.62. The van der Waals surface area contributed by atoms with Crippen LogP contribution in [-0.2, 0) is 0 Å². The summed E-state index contributed by atoms with van der Waals surface area (Å²) in [4.78, 5) is 16.6. The Hall–Kier alpha value is -2.73. The van der Waals surface area contributed by atoms with Gasteiger partial charge in [0.2, 0.25) is 0 Å². The maximum atomic E-state index is 12.3. The van der Waals surface area contributed by atoms with Crippen molar-refractivity contribution in [3.05, 3.63) is 70.3 Å². The van der Waals surface area contributed by atoms with Crippen molar-refractivity contribution in [2.24, 2.45) is 5.10 Å². The van der Waals surface area contributed by atoms with Gasteiger partial charge in [-0.15, -0.1) is 0 Å². The Labute approximate surface area is 160 Å². The van der Waals surface area contributed by atoms with Gasteiger partial charge in [-0.2, -0.15) is 5.10 Å². The molecule has 0 bridgehead atoms. The van der Waals surface area contributed by atoms with Crippen molar-refractivity contribution in [3.8, 4) is 5.75 Å². The number of aromatic nitrogens is 1. The summed E-state index contributed by atoms with van der Waals surface area (Å²) in [6.07, 6.45) is 2.48. The van der Waals surface area contributed by atoms with Crippen LogP contribution in [0.2, 0.25) is 0 Å². The molecule has 1 aromatic heterocycles. The highest BCUT2D eigenvalue weighted by atomic mass is 79.9. The first-order valence-electron chi connectivity index (χ1n) is 8.29. The van der Waals surface area contributed by atoms with E-state index in [1.807, 2.05) is 55.5 Å². The van der Waals surface area contributed by atoms with Gasteiger partial charge < -0.3 is 4.74 Å². The van der Waals surface area contributed by atoms with Crippen LogP contribution < -0.4 is 10.2 Å². The summed E-state index contributed by atoms with van der Waals surface area (Å²) in [6.45, 7) is 2.67. The van der Waals surface area contributed by atoms with Crippen LogP contribution >= 0.6 is 15.9 Å². The zero-order valence-corrected chi connectivity index (χ0v) is 15.9. The molecule has 6 heteroatoms. The molecule has 1 amide bonds. The number of fused-ring (bicyclic) bond motifs is 1. The fourth-order valence-electron chi connectivity index (χ4n) is 2.37. The molecule has 0 unspecified atom stereocenters. The predicted molar refractivity (Wildman–Crippen MR) is 107 cm³/mol. The van der Waals surface area contributed by atoms with E-state index in [9.17, 15) is 4.79 Å². The highest BCUT2D eigenvalue weighted by Crippen LogP contribution is 2.22. The van der Waals surface area contributed by atoms with E-state index in [1.54, 1.807) is 12.3 Å². The number of hydrogen-bond acceptors (Lipinski definition) is 4. The number of para-hydroxylation sites is 1. The number of hydrogen-bond donors (Lipinski definition) is 1. The fourth-order valence-corrected chi connectivity index (χ4v) is 2.75. The molecular weight excluding hydrogens is 394 g/mol. The van der Waals surface area contributed by atoms with E-state index in [1.165, 1.54) is 0 Å². The van der Waals surface area contributed by atoms with Crippen molar-refractivity contribution in [1.82, 2.24) is 10.4 Å². The maximum absolute atomic E-state index is 12.3. The maximum Gasteiger partial charge on any atom is 0.289 e. The molecule has 2 aromatic carbocycles. The molecule has 26 heavy (non-hydrogen) atoms. The third kappa shape index (κ3) is 4.46. The lowest BCUT2D eigenvalue weighted by Crippen LogP contribution is -2.19. The van der Waals surface area contributed by atoms with Gasteiger partial charge in [-0.1, -0.05) is 47.1 Å². The van der Waals surface area contributed by atoms with Crippen molar-refractivity contribution in [2.75, 3.05) is 6.61 Å². The third-order valence-electron chi connectivity index (χ3n) is 3.63. The predicted octanol–water partition coefficient (Wildman–Crippen LogP) is 4.55. The smallest absolute Gasteiger partial charge is 0.289 e. The number of amides is 1. The average Bonchev–Trinajstić information content (AvgIpc) is 2.67. The van der Waals surface area contributed by atoms with Gasteiger partial charge in [-0.3, -0.25) is 4.79 Å². The summed E-state index contributed by atoms with van der Waals surface area (Å²) in [6, 6.07) is 16.8. The lowest BCUT2D eigenvalue weighted by molar-refractivity contribution is 0.0950. The van der Waals surface area contributed by atoms with Gasteiger partial charge in [0, 0.05) is 15.4 Å². The zero-order valence-electron chi connectivity index (χ0n) is 14.3. The first-order valence-corrected chi connectivity index (χ1v) is 9.08. The van der Waals surface area contributed by atoms with Gasteiger partial charge in [0.25, 0.3) is 5.91 Å². The molecule has 1 heterocycles. The number of nitrogens with one attached hydrogen (secondary N) is 1. The lowest BCUT2D eigenvalue weighted by Gasteiger charge is -2.08. The highest BCUT2D eigenvalue weighted by molar-refractivity contribution is 9.10. The van der Waals surface area contributed by atoms with Crippen molar-refractivity contribution in [3.63, 3.8) is 0 Å². The molecule has 0 fully saturated rings. The van der Waals surface area contributed by atoms with Gasteiger partial charge in [0.15, 0.2) is 0 Å². The Morgan fingerprint density at radius 3 is 2.92 bits per heavy atom. The van der Waals surface area contributed by atoms with E-state index in [0.29, 0.717) is 12.3 Å². The van der Waals surface area contributed by atoms with Crippen LogP contribution in [-0.4, -0.2) is 23.7 Å². The van der Waals surface area contributed by atoms with Crippen LogP contribution in [0.5, 0.6) is 5.75 Å². The molecule has 0 aliphatic heterocycles. The van der Waals surface area contributed by atoms with Gasteiger partial charge in [-0.25, -0.2) is 10.4 Å². The monoisotopic (exact) mass is 411 g/mol. The zero-order chi connectivity index (χ0) is 18.4. The molecule has 0 aliphatic rings. The van der Waals surface area contributed by atoms with Crippen LogP contribution in [0.1, 0.15) is 29.4 Å². The average molecular weight is 412 g/mol. The van der Waals surface area contributed by atoms with Crippen LogP contribution in [0, 0.1) is 0 Å². The summed E-state index contributed by atoms with van der Waals surface area (Å²) in [7, 11) is 0. The van der Waals surface area contributed by atoms with Crippen molar-refractivity contribution < 1.29 is 9.53 Å². The van der Waals surface area contributed by atoms with Gasteiger partial charge >= 0.3 is 0 Å². The minimum Gasteiger partial charge on any atom is -0.493 e. The number of ether oxygens (including phenoxy) is 1. The number of benzene rings is 2. The summed E-state index contributed by atoms with van der Waals surface area (Å²) >= 11 is 3.43. The first kappa shape index (κ1) is 18.1. The van der Waals surface area contributed by atoms with E-state index in [0.717, 1.165) is 33.1 Å². The van der Waals surface area contributed by atoms with Crippen LogP contribution in [0.25, 0.3) is 10.9 Å². The van der Waals surface area contributed by atoms with Crippen molar-refractivity contribution in [1.29, 1.82) is 0 Å². The Morgan fingerprint density at radius 1 is 1.23 bits per heavy atom. The molecule has 5 nitrogen and oxygen atoms in total. The number of nitrogens with zero attached hydrogens (tertiary/aromatic N) is 2. The quantitative estimate of drug-likeness (QED) is 0.477. The molecule has 3 rings (SSSR count). The largest absolute Gasteiger partial charge is 0.493 e. The standard InChI is InChI=1S/C20H18BrN3O2/c1-2-11-26-19-10-8-16(21)12-15(19)13-22-24-20(25)18-9-7-14-5-3-4-6-17(14)23-18/h3-10,12-13H,2,11H2,1H3,(H,24,25)/b22-13-. The Bertz CT molecular complexity index is 957. The van der Waals surface area contributed by atoms with Gasteiger partial charge in [0.05, 0.1) is 18.3 Å². The minimum absolute atomic E-state index is 0.317. The molecule has 132 valence electrons. The van der Waals surface area contributed by atoms with Gasteiger partial charge in [-0.05, 0) is 36.8 Å². The number of hydrazone groups is 1. The SMILES string of the molecule is CCCOc1ccc(Br)cc1/C=N\NC(=O)c1ccc2ccccc2n1. The molecule has 0 aliphatic carbocycles. The summed E-state index contributed by atoms with van der Waals surface area (Å²) in [5.41, 5.74) is 4.38. The number of carbonyl (C=O) groups excluding carboxylic acids is 1. The number of carbonyl (C=O) groups is 1. The van der Waals surface area contributed by atoms with E-state index < -0.39 is 0 Å². The second kappa shape index (κ2) is 8.58. The van der Waals surface area contributed by atoms with Crippen LogP contribution in [0.3, 0.4) is 0 Å². The topological polar surface area (TPSA) is 63.6 Å².